The summed E-state index contributed by atoms with van der Waals surface area (Å²) < 4.78 is 10.4. The largest absolute Gasteiger partial charge is 0.383 e. The van der Waals surface area contributed by atoms with Gasteiger partial charge in [0.15, 0.2) is 5.96 Å². The molecule has 1 atom stereocenters. The zero-order chi connectivity index (χ0) is 15.5. The zero-order valence-electron chi connectivity index (χ0n) is 13.5. The van der Waals surface area contributed by atoms with Crippen LogP contribution < -0.4 is 10.6 Å². The van der Waals surface area contributed by atoms with Crippen LogP contribution in [-0.2, 0) is 22.6 Å². The Morgan fingerprint density at radius 3 is 2.52 bits per heavy atom. The Morgan fingerprint density at radius 1 is 1.19 bits per heavy atom. The lowest BCUT2D eigenvalue weighted by molar-refractivity contribution is 0.179. The van der Waals surface area contributed by atoms with Crippen molar-refractivity contribution in [3.05, 3.63) is 35.4 Å². The first-order chi connectivity index (χ1) is 10.2. The molecule has 0 aliphatic rings. The number of aliphatic imine (C=N–C) groups is 1. The molecule has 1 aromatic carbocycles. The van der Waals surface area contributed by atoms with Gasteiger partial charge in [0.25, 0.3) is 0 Å². The minimum Gasteiger partial charge on any atom is -0.383 e. The number of guanidine groups is 1. The van der Waals surface area contributed by atoms with Crippen molar-refractivity contribution in [3.8, 4) is 0 Å². The molecule has 0 radical (unpaired) electrons. The molecule has 0 saturated heterocycles. The Labute approximate surface area is 127 Å². The maximum Gasteiger partial charge on any atom is 0.191 e. The molecule has 118 valence electrons. The van der Waals surface area contributed by atoms with Crippen LogP contribution in [0.5, 0.6) is 0 Å². The average molecular weight is 293 g/mol. The lowest BCUT2D eigenvalue weighted by Gasteiger charge is -2.17. The van der Waals surface area contributed by atoms with E-state index >= 15 is 0 Å². The third-order valence-corrected chi connectivity index (χ3v) is 2.97. The normalized spacial score (nSPS) is 13.0. The van der Waals surface area contributed by atoms with Crippen molar-refractivity contribution >= 4 is 5.96 Å². The van der Waals surface area contributed by atoms with Gasteiger partial charge in [0.05, 0.1) is 19.8 Å². The van der Waals surface area contributed by atoms with Crippen molar-refractivity contribution in [2.75, 3.05) is 27.4 Å². The maximum absolute atomic E-state index is 5.22. The Hall–Kier alpha value is -1.59. The second-order valence-corrected chi connectivity index (χ2v) is 4.90. The standard InChI is InChI=1S/C16H27N3O2/c1-5-17-16(19-13(2)11-20-3)18-10-14-8-6-7-9-15(14)12-21-4/h6-9,13H,5,10-12H2,1-4H3,(H2,17,18,19). The number of hydrogen-bond acceptors (Lipinski definition) is 3. The van der Waals surface area contributed by atoms with Crippen molar-refractivity contribution in [2.24, 2.45) is 4.99 Å². The fourth-order valence-electron chi connectivity index (χ4n) is 2.02. The molecule has 0 aliphatic heterocycles. The maximum atomic E-state index is 5.22. The van der Waals surface area contributed by atoms with E-state index in [0.29, 0.717) is 19.8 Å². The predicted octanol–water partition coefficient (Wildman–Crippen LogP) is 1.92. The summed E-state index contributed by atoms with van der Waals surface area (Å²) in [4.78, 5) is 4.63. The summed E-state index contributed by atoms with van der Waals surface area (Å²) in [5, 5.41) is 6.57. The van der Waals surface area contributed by atoms with E-state index in [0.717, 1.165) is 12.5 Å². The number of nitrogens with zero attached hydrogens (tertiary/aromatic N) is 1. The zero-order valence-corrected chi connectivity index (χ0v) is 13.5. The molecule has 1 aromatic rings. The van der Waals surface area contributed by atoms with Crippen molar-refractivity contribution in [1.29, 1.82) is 0 Å². The van der Waals surface area contributed by atoms with E-state index in [4.69, 9.17) is 9.47 Å². The van der Waals surface area contributed by atoms with Gasteiger partial charge in [-0.1, -0.05) is 24.3 Å². The molecule has 0 amide bonds. The molecule has 5 heteroatoms. The minimum absolute atomic E-state index is 0.210. The van der Waals surface area contributed by atoms with Crippen LogP contribution >= 0.6 is 0 Å². The van der Waals surface area contributed by atoms with Crippen LogP contribution in [-0.4, -0.2) is 39.4 Å². The summed E-state index contributed by atoms with van der Waals surface area (Å²) in [7, 11) is 3.40. The molecule has 0 bridgehead atoms. The third-order valence-electron chi connectivity index (χ3n) is 2.97. The quantitative estimate of drug-likeness (QED) is 0.568. The molecule has 0 fully saturated rings. The van der Waals surface area contributed by atoms with Gasteiger partial charge in [-0.2, -0.15) is 0 Å². The van der Waals surface area contributed by atoms with E-state index in [1.54, 1.807) is 14.2 Å². The Balaban J connectivity index is 2.73. The van der Waals surface area contributed by atoms with E-state index < -0.39 is 0 Å². The lowest BCUT2D eigenvalue weighted by Crippen LogP contribution is -2.43. The average Bonchev–Trinajstić information content (AvgIpc) is 2.47. The summed E-state index contributed by atoms with van der Waals surface area (Å²) in [5.74, 6) is 0.800. The van der Waals surface area contributed by atoms with Crippen LogP contribution in [0.15, 0.2) is 29.3 Å². The highest BCUT2D eigenvalue weighted by atomic mass is 16.5. The summed E-state index contributed by atoms with van der Waals surface area (Å²) in [5.41, 5.74) is 2.35. The molecule has 1 rings (SSSR count). The Kier molecular flexibility index (Phi) is 8.47. The first kappa shape index (κ1) is 17.5. The van der Waals surface area contributed by atoms with Gasteiger partial charge in [0.2, 0.25) is 0 Å². The number of rotatable bonds is 8. The second-order valence-electron chi connectivity index (χ2n) is 4.90. The molecule has 0 saturated carbocycles. The lowest BCUT2D eigenvalue weighted by atomic mass is 10.1. The monoisotopic (exact) mass is 293 g/mol. The SMILES string of the molecule is CCNC(=NCc1ccccc1COC)NC(C)COC. The summed E-state index contributed by atoms with van der Waals surface area (Å²) in [6.07, 6.45) is 0. The van der Waals surface area contributed by atoms with Crippen molar-refractivity contribution in [1.82, 2.24) is 10.6 Å². The van der Waals surface area contributed by atoms with Crippen LogP contribution in [0.1, 0.15) is 25.0 Å². The first-order valence-corrected chi connectivity index (χ1v) is 7.30. The third kappa shape index (κ3) is 6.60. The van der Waals surface area contributed by atoms with Crippen molar-refractivity contribution < 1.29 is 9.47 Å². The predicted molar refractivity (Wildman–Crippen MR) is 86.4 cm³/mol. The number of ether oxygens (including phenoxy) is 2. The summed E-state index contributed by atoms with van der Waals surface area (Å²) >= 11 is 0. The second kappa shape index (κ2) is 10.2. The number of hydrogen-bond donors (Lipinski definition) is 2. The summed E-state index contributed by atoms with van der Waals surface area (Å²) in [6.45, 7) is 6.81. The highest BCUT2D eigenvalue weighted by Gasteiger charge is 2.05. The molecule has 0 aromatic heterocycles. The van der Waals surface area contributed by atoms with E-state index in [1.807, 2.05) is 12.1 Å². The van der Waals surface area contributed by atoms with E-state index in [1.165, 1.54) is 11.1 Å². The number of nitrogens with one attached hydrogen (secondary N) is 2. The molecule has 0 heterocycles. The van der Waals surface area contributed by atoms with Gasteiger partial charge in [-0.15, -0.1) is 0 Å². The van der Waals surface area contributed by atoms with Crippen LogP contribution in [0.25, 0.3) is 0 Å². The van der Waals surface area contributed by atoms with E-state index in [-0.39, 0.29) is 6.04 Å². The molecular formula is C16H27N3O2. The van der Waals surface area contributed by atoms with Gasteiger partial charge in [-0.3, -0.25) is 0 Å². The highest BCUT2D eigenvalue weighted by Crippen LogP contribution is 2.11. The minimum atomic E-state index is 0.210. The van der Waals surface area contributed by atoms with Crippen LogP contribution in [0.2, 0.25) is 0 Å². The fourth-order valence-corrected chi connectivity index (χ4v) is 2.02. The molecule has 2 N–H and O–H groups in total. The van der Waals surface area contributed by atoms with Crippen molar-refractivity contribution in [3.63, 3.8) is 0 Å². The van der Waals surface area contributed by atoms with Gasteiger partial charge >= 0.3 is 0 Å². The molecule has 0 spiro atoms. The van der Waals surface area contributed by atoms with Gasteiger partial charge < -0.3 is 20.1 Å². The van der Waals surface area contributed by atoms with Gasteiger partial charge in [0, 0.05) is 26.8 Å². The smallest absolute Gasteiger partial charge is 0.191 e. The van der Waals surface area contributed by atoms with Crippen molar-refractivity contribution in [2.45, 2.75) is 33.0 Å². The van der Waals surface area contributed by atoms with Gasteiger partial charge in [0.1, 0.15) is 0 Å². The topological polar surface area (TPSA) is 54.9 Å². The number of benzene rings is 1. The Morgan fingerprint density at radius 2 is 1.90 bits per heavy atom. The fraction of sp³-hybridized carbons (Fsp3) is 0.562. The molecular weight excluding hydrogens is 266 g/mol. The van der Waals surface area contributed by atoms with Gasteiger partial charge in [-0.25, -0.2) is 4.99 Å². The molecule has 5 nitrogen and oxygen atoms in total. The van der Waals surface area contributed by atoms with Gasteiger partial charge in [-0.05, 0) is 25.0 Å². The van der Waals surface area contributed by atoms with Crippen LogP contribution in [0, 0.1) is 0 Å². The molecule has 21 heavy (non-hydrogen) atoms. The Bertz CT molecular complexity index is 435. The van der Waals surface area contributed by atoms with Crippen LogP contribution in [0.3, 0.4) is 0 Å². The highest BCUT2D eigenvalue weighted by molar-refractivity contribution is 5.80. The first-order valence-electron chi connectivity index (χ1n) is 7.30. The summed E-state index contributed by atoms with van der Waals surface area (Å²) in [6, 6.07) is 8.41. The molecule has 0 aliphatic carbocycles. The number of methoxy groups -OCH3 is 2. The molecule has 1 unspecified atom stereocenters. The van der Waals surface area contributed by atoms with E-state index in [9.17, 15) is 0 Å². The van der Waals surface area contributed by atoms with E-state index in [2.05, 4.69) is 41.6 Å². The van der Waals surface area contributed by atoms with Crippen LogP contribution in [0.4, 0.5) is 0 Å².